The minimum absolute atomic E-state index is 0. The molecule has 0 saturated carbocycles. The molecular weight excluding hydrogens is 259 g/mol. The molecule has 0 saturated heterocycles. The third kappa shape index (κ3) is 4.46. The van der Waals surface area contributed by atoms with Crippen LogP contribution in [0, 0.1) is 0 Å². The fraction of sp³-hybridized carbons (Fsp3) is 0. The number of aromatic hydroxyl groups is 1. The third-order valence-electron chi connectivity index (χ3n) is 2.64. The molecule has 0 radical (unpaired) electrons. The van der Waals surface area contributed by atoms with Crippen LogP contribution in [0.2, 0.25) is 0 Å². The molecule has 94 valence electrons. The Hall–Kier alpha value is -1.68. The van der Waals surface area contributed by atoms with E-state index in [1.54, 1.807) is 18.2 Å². The van der Waals surface area contributed by atoms with E-state index in [2.05, 4.69) is 5.11 Å². The van der Waals surface area contributed by atoms with Crippen LogP contribution >= 0.6 is 0 Å². The molecule has 0 atom stereocenters. The summed E-state index contributed by atoms with van der Waals surface area (Å²) in [6, 6.07) is 22.2. The van der Waals surface area contributed by atoms with Crippen molar-refractivity contribution in [3.63, 3.8) is 0 Å². The predicted molar refractivity (Wildman–Crippen MR) is 77.5 cm³/mol. The summed E-state index contributed by atoms with van der Waals surface area (Å²) in [4.78, 5) is 0. The van der Waals surface area contributed by atoms with Gasteiger partial charge < -0.3 is 15.8 Å². The molecule has 20 heavy (non-hydrogen) atoms. The monoisotopic (exact) mass is 272 g/mol. The minimum Gasteiger partial charge on any atom is -0.706 e. The molecule has 3 aromatic carbocycles. The summed E-state index contributed by atoms with van der Waals surface area (Å²) in [6.07, 6.45) is 0. The van der Waals surface area contributed by atoms with Gasteiger partial charge in [0.15, 0.2) is 0 Å². The van der Waals surface area contributed by atoms with E-state index < -0.39 is 0 Å². The van der Waals surface area contributed by atoms with Gasteiger partial charge in [-0.2, -0.15) is 0 Å². The molecule has 0 heterocycles. The first kappa shape index (κ1) is 16.4. The summed E-state index contributed by atoms with van der Waals surface area (Å²) < 4.78 is 0. The Morgan fingerprint density at radius 1 is 0.750 bits per heavy atom. The molecule has 0 bridgehead atoms. The number of benzene rings is 3. The Kier molecular flexibility index (Phi) is 6.94. The Morgan fingerprint density at radius 3 is 1.95 bits per heavy atom. The van der Waals surface area contributed by atoms with E-state index >= 15 is 0 Å². The van der Waals surface area contributed by atoms with E-state index in [1.807, 2.05) is 54.6 Å². The van der Waals surface area contributed by atoms with E-state index in [0.29, 0.717) is 11.4 Å². The second-order valence-electron chi connectivity index (χ2n) is 3.93. The van der Waals surface area contributed by atoms with Crippen LogP contribution < -0.4 is 29.6 Å². The Labute approximate surface area is 140 Å². The summed E-state index contributed by atoms with van der Waals surface area (Å²) in [5.41, 5.74) is 8.75. The Bertz CT molecular complexity index is 666. The predicted octanol–water partition coefficient (Wildman–Crippen LogP) is 1.89. The van der Waals surface area contributed by atoms with Crippen LogP contribution in [0.3, 0.4) is 0 Å². The van der Waals surface area contributed by atoms with Crippen molar-refractivity contribution in [2.75, 3.05) is 0 Å². The van der Waals surface area contributed by atoms with Crippen LogP contribution in [0.5, 0.6) is 5.75 Å². The number of fused-ring (bicyclic) bond motifs is 1. The number of nitrogens with zero attached hydrogens (tertiary/aromatic N) is 2. The van der Waals surface area contributed by atoms with Gasteiger partial charge in [-0.1, -0.05) is 54.6 Å². The fourth-order valence-corrected chi connectivity index (χ4v) is 1.70. The maximum atomic E-state index is 9.37. The molecule has 4 heteroatoms. The molecule has 1 N–H and O–H groups in total. The average Bonchev–Trinajstić information content (AvgIpc) is 2.49. The van der Waals surface area contributed by atoms with Crippen molar-refractivity contribution in [1.29, 1.82) is 0 Å². The molecule has 0 fully saturated rings. The SMILES string of the molecule is Oc1cccc2ccccc12.[N-]=Nc1ccccc1.[Na+]. The van der Waals surface area contributed by atoms with Gasteiger partial charge in [0.2, 0.25) is 0 Å². The van der Waals surface area contributed by atoms with Crippen molar-refractivity contribution in [3.8, 4) is 5.75 Å². The van der Waals surface area contributed by atoms with Crippen molar-refractivity contribution in [1.82, 2.24) is 0 Å². The molecule has 3 nitrogen and oxygen atoms in total. The molecule has 0 aliphatic carbocycles. The van der Waals surface area contributed by atoms with Crippen molar-refractivity contribution in [2.24, 2.45) is 5.11 Å². The summed E-state index contributed by atoms with van der Waals surface area (Å²) in [5.74, 6) is 0.350. The van der Waals surface area contributed by atoms with Crippen molar-refractivity contribution >= 4 is 16.5 Å². The van der Waals surface area contributed by atoms with E-state index in [9.17, 15) is 5.11 Å². The normalized spacial score (nSPS) is 9.00. The largest absolute Gasteiger partial charge is 1.00 e. The zero-order valence-corrected chi connectivity index (χ0v) is 13.3. The van der Waals surface area contributed by atoms with Gasteiger partial charge in [0.1, 0.15) is 5.75 Å². The van der Waals surface area contributed by atoms with Gasteiger partial charge in [-0.05, 0) is 23.6 Å². The molecule has 0 aliphatic rings. The zero-order valence-electron chi connectivity index (χ0n) is 11.3. The summed E-state index contributed by atoms with van der Waals surface area (Å²) in [7, 11) is 0. The first-order valence-electron chi connectivity index (χ1n) is 5.88. The summed E-state index contributed by atoms with van der Waals surface area (Å²) in [6.45, 7) is 0. The quantitative estimate of drug-likeness (QED) is 0.534. The van der Waals surface area contributed by atoms with Crippen LogP contribution in [-0.4, -0.2) is 5.11 Å². The molecule has 0 spiro atoms. The van der Waals surface area contributed by atoms with Crippen LogP contribution in [0.4, 0.5) is 5.69 Å². The number of hydrogen-bond acceptors (Lipinski definition) is 2. The number of hydrogen-bond donors (Lipinski definition) is 1. The molecule has 3 aromatic rings. The van der Waals surface area contributed by atoms with Crippen LogP contribution in [0.1, 0.15) is 0 Å². The van der Waals surface area contributed by atoms with Gasteiger partial charge in [-0.25, -0.2) is 0 Å². The number of phenols is 1. The topological polar surface area (TPSA) is 54.9 Å². The Balaban J connectivity index is 0.000000200. The van der Waals surface area contributed by atoms with Crippen LogP contribution in [0.25, 0.3) is 16.3 Å². The van der Waals surface area contributed by atoms with Gasteiger partial charge in [0.25, 0.3) is 0 Å². The van der Waals surface area contributed by atoms with Gasteiger partial charge in [0.05, 0.1) is 0 Å². The van der Waals surface area contributed by atoms with E-state index in [4.69, 9.17) is 5.53 Å². The van der Waals surface area contributed by atoms with Gasteiger partial charge in [0, 0.05) is 11.1 Å². The first-order valence-corrected chi connectivity index (χ1v) is 5.88. The van der Waals surface area contributed by atoms with Crippen molar-refractivity contribution in [2.45, 2.75) is 0 Å². The fourth-order valence-electron chi connectivity index (χ4n) is 1.70. The average molecular weight is 272 g/mol. The van der Waals surface area contributed by atoms with Gasteiger partial charge in [-0.3, -0.25) is 0 Å². The van der Waals surface area contributed by atoms with E-state index in [-0.39, 0.29) is 29.6 Å². The first-order chi connectivity index (χ1) is 9.31. The van der Waals surface area contributed by atoms with Crippen molar-refractivity contribution in [3.05, 3.63) is 78.3 Å². The molecule has 3 rings (SSSR count). The van der Waals surface area contributed by atoms with E-state index in [0.717, 1.165) is 10.8 Å². The molecule has 0 amide bonds. The summed E-state index contributed by atoms with van der Waals surface area (Å²) >= 11 is 0. The van der Waals surface area contributed by atoms with Crippen molar-refractivity contribution < 1.29 is 34.7 Å². The van der Waals surface area contributed by atoms with E-state index in [1.165, 1.54) is 0 Å². The van der Waals surface area contributed by atoms with Gasteiger partial charge >= 0.3 is 29.6 Å². The maximum absolute atomic E-state index is 9.37. The molecule has 0 aliphatic heterocycles. The Morgan fingerprint density at radius 2 is 1.35 bits per heavy atom. The standard InChI is InChI=1S/C10H8O.C6H5N2.Na/c11-10-7-3-5-8-4-1-2-6-9(8)10;7-8-6-4-2-1-3-5-6;/h1-7,11H;1-5H;/q;-1;+1. The van der Waals surface area contributed by atoms with Crippen LogP contribution in [0.15, 0.2) is 77.9 Å². The van der Waals surface area contributed by atoms with Gasteiger partial charge in [-0.15, -0.1) is 0 Å². The second kappa shape index (κ2) is 8.48. The molecule has 0 aromatic heterocycles. The maximum Gasteiger partial charge on any atom is 1.00 e. The number of rotatable bonds is 1. The van der Waals surface area contributed by atoms with Crippen LogP contribution in [-0.2, 0) is 0 Å². The molecular formula is C16H13N2NaO. The molecule has 0 unspecified atom stereocenters. The summed E-state index contributed by atoms with van der Waals surface area (Å²) in [5, 5.41) is 14.3. The third-order valence-corrected chi connectivity index (χ3v) is 2.64. The minimum atomic E-state index is 0. The smallest absolute Gasteiger partial charge is 0.706 e. The second-order valence-corrected chi connectivity index (χ2v) is 3.93. The zero-order chi connectivity index (χ0) is 13.5. The number of phenolic OH excluding ortho intramolecular Hbond substituents is 1.